The summed E-state index contributed by atoms with van der Waals surface area (Å²) in [5, 5.41) is 14.3. The van der Waals surface area contributed by atoms with Gasteiger partial charge in [0, 0.05) is 5.38 Å². The Morgan fingerprint density at radius 1 is 1.50 bits per heavy atom. The van der Waals surface area contributed by atoms with E-state index in [2.05, 4.69) is 20.5 Å². The van der Waals surface area contributed by atoms with Crippen molar-refractivity contribution in [3.8, 4) is 0 Å². The SMILES string of the molecule is Nc1nnc(Nc2ccsc2)[nH]1. The smallest absolute Gasteiger partial charge is 0.227 e. The van der Waals surface area contributed by atoms with Gasteiger partial charge in [-0.25, -0.2) is 0 Å². The van der Waals surface area contributed by atoms with Crippen LogP contribution in [0.2, 0.25) is 0 Å². The van der Waals surface area contributed by atoms with Gasteiger partial charge in [-0.15, -0.1) is 10.2 Å². The number of rotatable bonds is 2. The van der Waals surface area contributed by atoms with Gasteiger partial charge < -0.3 is 11.1 Å². The lowest BCUT2D eigenvalue weighted by Crippen LogP contribution is -1.90. The van der Waals surface area contributed by atoms with E-state index in [9.17, 15) is 0 Å². The van der Waals surface area contributed by atoms with Crippen molar-refractivity contribution in [2.24, 2.45) is 0 Å². The summed E-state index contributed by atoms with van der Waals surface area (Å²) in [4.78, 5) is 2.76. The Balaban J connectivity index is 2.14. The molecule has 4 N–H and O–H groups in total. The Labute approximate surface area is 72.6 Å². The summed E-state index contributed by atoms with van der Waals surface area (Å²) >= 11 is 1.61. The van der Waals surface area contributed by atoms with E-state index in [4.69, 9.17) is 5.73 Å². The first kappa shape index (κ1) is 7.11. The summed E-state index contributed by atoms with van der Waals surface area (Å²) in [6.07, 6.45) is 0. The zero-order valence-corrected chi connectivity index (χ0v) is 6.93. The first-order chi connectivity index (χ1) is 5.84. The molecule has 0 aliphatic heterocycles. The zero-order chi connectivity index (χ0) is 8.39. The van der Waals surface area contributed by atoms with E-state index < -0.39 is 0 Å². The van der Waals surface area contributed by atoms with Crippen LogP contribution in [0.3, 0.4) is 0 Å². The van der Waals surface area contributed by atoms with Crippen molar-refractivity contribution in [3.05, 3.63) is 16.8 Å². The lowest BCUT2D eigenvalue weighted by molar-refractivity contribution is 1.10. The van der Waals surface area contributed by atoms with Crippen LogP contribution in [0.5, 0.6) is 0 Å². The number of aromatic nitrogens is 3. The molecule has 0 aromatic carbocycles. The van der Waals surface area contributed by atoms with Crippen LogP contribution in [0.25, 0.3) is 0 Å². The zero-order valence-electron chi connectivity index (χ0n) is 6.11. The molecule has 6 heteroatoms. The molecule has 2 heterocycles. The summed E-state index contributed by atoms with van der Waals surface area (Å²) in [6, 6.07) is 1.95. The van der Waals surface area contributed by atoms with Crippen LogP contribution in [-0.4, -0.2) is 15.2 Å². The number of hydrogen-bond acceptors (Lipinski definition) is 5. The Bertz CT molecular complexity index is 352. The number of aromatic amines is 1. The van der Waals surface area contributed by atoms with Crippen molar-refractivity contribution in [2.45, 2.75) is 0 Å². The minimum absolute atomic E-state index is 0.313. The van der Waals surface area contributed by atoms with Crippen molar-refractivity contribution in [3.63, 3.8) is 0 Å². The third-order valence-electron chi connectivity index (χ3n) is 1.29. The molecule has 0 spiro atoms. The number of nitrogens with zero attached hydrogens (tertiary/aromatic N) is 2. The Morgan fingerprint density at radius 2 is 2.42 bits per heavy atom. The predicted molar refractivity (Wildman–Crippen MR) is 48.4 cm³/mol. The average Bonchev–Trinajstić information content (AvgIpc) is 2.63. The lowest BCUT2D eigenvalue weighted by Gasteiger charge is -1.94. The van der Waals surface area contributed by atoms with Crippen molar-refractivity contribution >= 4 is 28.9 Å². The molecule has 0 amide bonds. The van der Waals surface area contributed by atoms with Gasteiger partial charge in [0.1, 0.15) is 0 Å². The van der Waals surface area contributed by atoms with Gasteiger partial charge in [-0.3, -0.25) is 4.98 Å². The van der Waals surface area contributed by atoms with Gasteiger partial charge in [0.2, 0.25) is 11.9 Å². The largest absolute Gasteiger partial charge is 0.368 e. The van der Waals surface area contributed by atoms with Gasteiger partial charge in [-0.1, -0.05) is 0 Å². The topological polar surface area (TPSA) is 79.6 Å². The van der Waals surface area contributed by atoms with Crippen molar-refractivity contribution in [2.75, 3.05) is 11.1 Å². The standard InChI is InChI=1S/C6H7N5S/c7-5-9-6(11-10-5)8-4-1-2-12-3-4/h1-3H,(H4,7,8,9,10,11). The molecule has 12 heavy (non-hydrogen) atoms. The van der Waals surface area contributed by atoms with E-state index in [-0.39, 0.29) is 0 Å². The number of nitrogens with one attached hydrogen (secondary N) is 2. The quantitative estimate of drug-likeness (QED) is 0.650. The second-order valence-corrected chi connectivity index (χ2v) is 2.98. The normalized spacial score (nSPS) is 10.0. The molecule has 2 aromatic heterocycles. The molecule has 0 unspecified atom stereocenters. The van der Waals surface area contributed by atoms with E-state index in [1.807, 2.05) is 16.8 Å². The molecule has 2 aromatic rings. The molecular weight excluding hydrogens is 174 g/mol. The third kappa shape index (κ3) is 1.37. The van der Waals surface area contributed by atoms with Gasteiger partial charge >= 0.3 is 0 Å². The number of hydrogen-bond donors (Lipinski definition) is 3. The van der Waals surface area contributed by atoms with E-state index in [0.29, 0.717) is 11.9 Å². The highest BCUT2D eigenvalue weighted by molar-refractivity contribution is 7.08. The fourth-order valence-electron chi connectivity index (χ4n) is 0.804. The number of thiophene rings is 1. The summed E-state index contributed by atoms with van der Waals surface area (Å²) in [5.74, 6) is 0.874. The molecule has 0 saturated carbocycles. The highest BCUT2D eigenvalue weighted by Gasteiger charge is 1.98. The monoisotopic (exact) mass is 181 g/mol. The van der Waals surface area contributed by atoms with E-state index in [1.54, 1.807) is 11.3 Å². The maximum Gasteiger partial charge on any atom is 0.227 e. The van der Waals surface area contributed by atoms with Gasteiger partial charge in [-0.2, -0.15) is 11.3 Å². The van der Waals surface area contributed by atoms with E-state index in [1.165, 1.54) is 0 Å². The molecule has 5 nitrogen and oxygen atoms in total. The summed E-state index contributed by atoms with van der Waals surface area (Å²) < 4.78 is 0. The molecule has 2 rings (SSSR count). The first-order valence-electron chi connectivity index (χ1n) is 3.32. The van der Waals surface area contributed by atoms with Gasteiger partial charge in [0.15, 0.2) is 0 Å². The molecular formula is C6H7N5S. The summed E-state index contributed by atoms with van der Waals surface area (Å²) in [7, 11) is 0. The summed E-state index contributed by atoms with van der Waals surface area (Å²) in [6.45, 7) is 0. The fourth-order valence-corrected chi connectivity index (χ4v) is 1.39. The first-order valence-corrected chi connectivity index (χ1v) is 4.26. The highest BCUT2D eigenvalue weighted by atomic mass is 32.1. The van der Waals surface area contributed by atoms with Crippen LogP contribution in [-0.2, 0) is 0 Å². The van der Waals surface area contributed by atoms with Crippen LogP contribution in [0, 0.1) is 0 Å². The van der Waals surface area contributed by atoms with Crippen LogP contribution in [0.1, 0.15) is 0 Å². The maximum absolute atomic E-state index is 5.34. The fraction of sp³-hybridized carbons (Fsp3) is 0. The van der Waals surface area contributed by atoms with Gasteiger partial charge in [-0.05, 0) is 11.4 Å². The second kappa shape index (κ2) is 2.82. The molecule has 0 aliphatic rings. The highest BCUT2D eigenvalue weighted by Crippen LogP contribution is 2.15. The molecule has 0 radical (unpaired) electrons. The molecule has 0 atom stereocenters. The Hall–Kier alpha value is -1.56. The van der Waals surface area contributed by atoms with Crippen LogP contribution in [0.15, 0.2) is 16.8 Å². The van der Waals surface area contributed by atoms with Gasteiger partial charge in [0.25, 0.3) is 0 Å². The molecule has 0 saturated heterocycles. The Kier molecular flexibility index (Phi) is 1.67. The minimum Gasteiger partial charge on any atom is -0.368 e. The molecule has 62 valence electrons. The van der Waals surface area contributed by atoms with Crippen LogP contribution >= 0.6 is 11.3 Å². The minimum atomic E-state index is 0.313. The lowest BCUT2D eigenvalue weighted by atomic mass is 10.5. The number of nitrogen functional groups attached to an aromatic ring is 1. The van der Waals surface area contributed by atoms with Crippen LogP contribution < -0.4 is 11.1 Å². The van der Waals surface area contributed by atoms with Crippen molar-refractivity contribution in [1.29, 1.82) is 0 Å². The summed E-state index contributed by atoms with van der Waals surface area (Å²) in [5.41, 5.74) is 6.32. The van der Waals surface area contributed by atoms with Gasteiger partial charge in [0.05, 0.1) is 5.69 Å². The molecule has 0 fully saturated rings. The number of anilines is 3. The van der Waals surface area contributed by atoms with E-state index in [0.717, 1.165) is 5.69 Å². The second-order valence-electron chi connectivity index (χ2n) is 2.20. The number of nitrogens with two attached hydrogens (primary N) is 1. The Morgan fingerprint density at radius 3 is 3.00 bits per heavy atom. The molecule has 0 aliphatic carbocycles. The predicted octanol–water partition coefficient (Wildman–Crippen LogP) is 1.19. The average molecular weight is 181 g/mol. The van der Waals surface area contributed by atoms with E-state index >= 15 is 0 Å². The maximum atomic E-state index is 5.34. The van der Waals surface area contributed by atoms with Crippen LogP contribution in [0.4, 0.5) is 17.6 Å². The number of H-pyrrole nitrogens is 1. The van der Waals surface area contributed by atoms with Crippen molar-refractivity contribution < 1.29 is 0 Å². The van der Waals surface area contributed by atoms with Crippen molar-refractivity contribution in [1.82, 2.24) is 15.2 Å². The third-order valence-corrected chi connectivity index (χ3v) is 1.97. The molecule has 0 bridgehead atoms.